The molecule has 0 atom stereocenters. The fourth-order valence-corrected chi connectivity index (χ4v) is 1.80. The summed E-state index contributed by atoms with van der Waals surface area (Å²) in [5.41, 5.74) is 3.31. The van der Waals surface area contributed by atoms with Crippen LogP contribution in [0.3, 0.4) is 0 Å². The Bertz CT molecular complexity index is 500. The second-order valence-electron chi connectivity index (χ2n) is 3.39. The Labute approximate surface area is 87.4 Å². The van der Waals surface area contributed by atoms with Gasteiger partial charge in [-0.2, -0.15) is 0 Å². The fraction of sp³-hybridized carbons (Fsp3) is 0.0833. The molecule has 0 spiro atoms. The second kappa shape index (κ2) is 3.28. The number of para-hydroxylation sites is 1. The summed E-state index contributed by atoms with van der Waals surface area (Å²) in [5, 5.41) is 0. The molecule has 1 N–H and O–H groups in total. The molecule has 0 aliphatic carbocycles. The SMILES string of the molecule is C1=C(c2cnc[nH]2)c2ccccc2OC1. The van der Waals surface area contributed by atoms with E-state index in [1.165, 1.54) is 0 Å². The number of rotatable bonds is 1. The molecule has 15 heavy (non-hydrogen) atoms. The summed E-state index contributed by atoms with van der Waals surface area (Å²) in [7, 11) is 0. The molecule has 1 aromatic carbocycles. The van der Waals surface area contributed by atoms with E-state index in [1.807, 2.05) is 24.4 Å². The van der Waals surface area contributed by atoms with Gasteiger partial charge in [0.05, 0.1) is 18.2 Å². The minimum atomic E-state index is 0.616. The summed E-state index contributed by atoms with van der Waals surface area (Å²) in [6.45, 7) is 0.616. The Morgan fingerprint density at radius 3 is 3.07 bits per heavy atom. The van der Waals surface area contributed by atoms with E-state index >= 15 is 0 Å². The number of aromatic amines is 1. The largest absolute Gasteiger partial charge is 0.489 e. The van der Waals surface area contributed by atoms with Gasteiger partial charge in [-0.3, -0.25) is 0 Å². The normalized spacial score (nSPS) is 14.0. The van der Waals surface area contributed by atoms with Gasteiger partial charge in [0, 0.05) is 11.1 Å². The van der Waals surface area contributed by atoms with Gasteiger partial charge >= 0.3 is 0 Å². The molecule has 3 heteroatoms. The van der Waals surface area contributed by atoms with Gasteiger partial charge < -0.3 is 9.72 Å². The van der Waals surface area contributed by atoms with Crippen molar-refractivity contribution in [3.8, 4) is 5.75 Å². The topological polar surface area (TPSA) is 37.9 Å². The van der Waals surface area contributed by atoms with E-state index in [9.17, 15) is 0 Å². The molecule has 0 saturated heterocycles. The highest BCUT2D eigenvalue weighted by molar-refractivity contribution is 5.81. The fourth-order valence-electron chi connectivity index (χ4n) is 1.80. The van der Waals surface area contributed by atoms with Crippen molar-refractivity contribution in [1.29, 1.82) is 0 Å². The first-order valence-electron chi connectivity index (χ1n) is 4.86. The summed E-state index contributed by atoms with van der Waals surface area (Å²) >= 11 is 0. The lowest BCUT2D eigenvalue weighted by Gasteiger charge is -2.17. The average molecular weight is 198 g/mol. The van der Waals surface area contributed by atoms with Gasteiger partial charge in [0.15, 0.2) is 0 Å². The highest BCUT2D eigenvalue weighted by Gasteiger charge is 2.14. The smallest absolute Gasteiger partial charge is 0.127 e. The van der Waals surface area contributed by atoms with Crippen LogP contribution in [0.25, 0.3) is 5.57 Å². The van der Waals surface area contributed by atoms with Gasteiger partial charge in [-0.25, -0.2) is 4.98 Å². The number of ether oxygens (including phenoxy) is 1. The molecular formula is C12H10N2O. The zero-order chi connectivity index (χ0) is 10.1. The molecule has 3 nitrogen and oxygen atoms in total. The zero-order valence-corrected chi connectivity index (χ0v) is 8.10. The Kier molecular flexibility index (Phi) is 1.81. The predicted molar refractivity (Wildman–Crippen MR) is 57.6 cm³/mol. The Balaban J connectivity index is 2.15. The van der Waals surface area contributed by atoms with Crippen molar-refractivity contribution in [2.24, 2.45) is 0 Å². The molecule has 0 unspecified atom stereocenters. The van der Waals surface area contributed by atoms with Crippen LogP contribution >= 0.6 is 0 Å². The highest BCUT2D eigenvalue weighted by atomic mass is 16.5. The lowest BCUT2D eigenvalue weighted by atomic mass is 10.0. The average Bonchev–Trinajstić information content (AvgIpc) is 2.82. The van der Waals surface area contributed by atoms with Crippen LogP contribution in [0.4, 0.5) is 0 Å². The van der Waals surface area contributed by atoms with Crippen LogP contribution in [0, 0.1) is 0 Å². The van der Waals surface area contributed by atoms with Crippen molar-refractivity contribution in [3.05, 3.63) is 54.1 Å². The standard InChI is InChI=1S/C12H10N2O/c1-2-4-12-10(3-1)9(5-6-15-12)11-7-13-8-14-11/h1-5,7-8H,6H2,(H,13,14). The van der Waals surface area contributed by atoms with Gasteiger partial charge in [0.25, 0.3) is 0 Å². The second-order valence-corrected chi connectivity index (χ2v) is 3.39. The quantitative estimate of drug-likeness (QED) is 0.763. The molecule has 0 bridgehead atoms. The van der Waals surface area contributed by atoms with E-state index in [2.05, 4.69) is 22.1 Å². The van der Waals surface area contributed by atoms with Crippen molar-refractivity contribution in [2.75, 3.05) is 6.61 Å². The number of fused-ring (bicyclic) bond motifs is 1. The number of hydrogen-bond acceptors (Lipinski definition) is 2. The maximum Gasteiger partial charge on any atom is 0.127 e. The molecule has 1 aliphatic heterocycles. The maximum absolute atomic E-state index is 5.54. The number of H-pyrrole nitrogens is 1. The molecule has 0 saturated carbocycles. The van der Waals surface area contributed by atoms with Crippen molar-refractivity contribution in [2.45, 2.75) is 0 Å². The van der Waals surface area contributed by atoms with Crippen LogP contribution < -0.4 is 4.74 Å². The maximum atomic E-state index is 5.54. The molecule has 0 radical (unpaired) electrons. The molecule has 1 aromatic heterocycles. The predicted octanol–water partition coefficient (Wildman–Crippen LogP) is 2.23. The van der Waals surface area contributed by atoms with Gasteiger partial charge in [-0.1, -0.05) is 18.2 Å². The minimum Gasteiger partial charge on any atom is -0.489 e. The summed E-state index contributed by atoms with van der Waals surface area (Å²) in [6, 6.07) is 8.03. The molecule has 2 heterocycles. The molecule has 0 fully saturated rings. The number of nitrogens with zero attached hydrogens (tertiary/aromatic N) is 1. The third-order valence-electron chi connectivity index (χ3n) is 2.49. The van der Waals surface area contributed by atoms with Crippen LogP contribution in [-0.2, 0) is 0 Å². The summed E-state index contributed by atoms with van der Waals surface area (Å²) in [6.07, 6.45) is 5.58. The lowest BCUT2D eigenvalue weighted by Crippen LogP contribution is -2.05. The molecular weight excluding hydrogens is 188 g/mol. The van der Waals surface area contributed by atoms with Crippen molar-refractivity contribution in [1.82, 2.24) is 9.97 Å². The van der Waals surface area contributed by atoms with Gasteiger partial charge in [-0.05, 0) is 12.1 Å². The Hall–Kier alpha value is -2.03. The van der Waals surface area contributed by atoms with Crippen LogP contribution in [0.1, 0.15) is 11.3 Å². The van der Waals surface area contributed by atoms with E-state index in [-0.39, 0.29) is 0 Å². The molecule has 0 amide bonds. The molecule has 2 aromatic rings. The molecule has 3 rings (SSSR count). The Morgan fingerprint density at radius 2 is 2.20 bits per heavy atom. The highest BCUT2D eigenvalue weighted by Crippen LogP contribution is 2.32. The van der Waals surface area contributed by atoms with Gasteiger partial charge in [0.2, 0.25) is 0 Å². The van der Waals surface area contributed by atoms with Crippen LogP contribution in [0.2, 0.25) is 0 Å². The summed E-state index contributed by atoms with van der Waals surface area (Å²) < 4.78 is 5.54. The van der Waals surface area contributed by atoms with Gasteiger partial charge in [0.1, 0.15) is 12.4 Å². The first kappa shape index (κ1) is 8.29. The minimum absolute atomic E-state index is 0.616. The van der Waals surface area contributed by atoms with E-state index in [4.69, 9.17) is 4.74 Å². The molecule has 74 valence electrons. The third-order valence-corrected chi connectivity index (χ3v) is 2.49. The number of imidazole rings is 1. The number of benzene rings is 1. The van der Waals surface area contributed by atoms with Crippen molar-refractivity contribution < 1.29 is 4.74 Å². The van der Waals surface area contributed by atoms with Crippen molar-refractivity contribution >= 4 is 5.57 Å². The van der Waals surface area contributed by atoms with E-state index in [0.717, 1.165) is 22.6 Å². The van der Waals surface area contributed by atoms with E-state index in [0.29, 0.717) is 6.61 Å². The number of nitrogens with one attached hydrogen (secondary N) is 1. The first-order valence-corrected chi connectivity index (χ1v) is 4.86. The number of hydrogen-bond donors (Lipinski definition) is 1. The monoisotopic (exact) mass is 198 g/mol. The van der Waals surface area contributed by atoms with E-state index < -0.39 is 0 Å². The van der Waals surface area contributed by atoms with E-state index in [1.54, 1.807) is 6.33 Å². The van der Waals surface area contributed by atoms with Crippen molar-refractivity contribution in [3.63, 3.8) is 0 Å². The summed E-state index contributed by atoms with van der Waals surface area (Å²) in [5.74, 6) is 0.935. The number of aromatic nitrogens is 2. The van der Waals surface area contributed by atoms with Crippen LogP contribution in [-0.4, -0.2) is 16.6 Å². The Morgan fingerprint density at radius 1 is 1.27 bits per heavy atom. The molecule has 1 aliphatic rings. The van der Waals surface area contributed by atoms with Crippen LogP contribution in [0.5, 0.6) is 5.75 Å². The zero-order valence-electron chi connectivity index (χ0n) is 8.10. The first-order chi connectivity index (χ1) is 7.45. The van der Waals surface area contributed by atoms with Crippen LogP contribution in [0.15, 0.2) is 42.9 Å². The third kappa shape index (κ3) is 1.32. The summed E-state index contributed by atoms with van der Waals surface area (Å²) in [4.78, 5) is 7.15. The van der Waals surface area contributed by atoms with Gasteiger partial charge in [-0.15, -0.1) is 0 Å². The lowest BCUT2D eigenvalue weighted by molar-refractivity contribution is 0.357.